The van der Waals surface area contributed by atoms with Crippen LogP contribution in [0, 0.1) is 19.0 Å². The van der Waals surface area contributed by atoms with E-state index in [0.717, 1.165) is 17.0 Å². The van der Waals surface area contributed by atoms with Crippen LogP contribution in [0.5, 0.6) is 0 Å². The van der Waals surface area contributed by atoms with Gasteiger partial charge in [-0.15, -0.1) is 0 Å². The molecule has 0 saturated carbocycles. The Morgan fingerprint density at radius 1 is 1.09 bits per heavy atom. The van der Waals surface area contributed by atoms with Gasteiger partial charge >= 0.3 is 0 Å². The summed E-state index contributed by atoms with van der Waals surface area (Å²) in [4.78, 5) is 16.5. The van der Waals surface area contributed by atoms with Gasteiger partial charge in [-0.2, -0.15) is 5.10 Å². The van der Waals surface area contributed by atoms with Crippen molar-refractivity contribution in [2.45, 2.75) is 0 Å². The summed E-state index contributed by atoms with van der Waals surface area (Å²) >= 11 is 0. The van der Waals surface area contributed by atoms with Crippen molar-refractivity contribution < 1.29 is 9.18 Å². The van der Waals surface area contributed by atoms with Gasteiger partial charge in [0.2, 0.25) is 0 Å². The molecule has 0 unspecified atom stereocenters. The average Bonchev–Trinajstić information content (AvgIpc) is 3.03. The van der Waals surface area contributed by atoms with Crippen LogP contribution in [0.1, 0.15) is 10.4 Å². The van der Waals surface area contributed by atoms with E-state index in [9.17, 15) is 9.18 Å². The minimum absolute atomic E-state index is 0.0708. The highest BCUT2D eigenvalue weighted by Gasteiger charge is 2.00. The summed E-state index contributed by atoms with van der Waals surface area (Å²) in [6, 6.07) is 9.09. The topological polar surface area (TPSA) is 54.5 Å². The zero-order valence-corrected chi connectivity index (χ0v) is 11.2. The number of hydrogen-bond donors (Lipinski definition) is 1. The van der Waals surface area contributed by atoms with Crippen molar-refractivity contribution in [2.75, 3.05) is 0 Å². The quantitative estimate of drug-likeness (QED) is 0.537. The van der Waals surface area contributed by atoms with Crippen LogP contribution in [-0.2, 0) is 0 Å². The van der Waals surface area contributed by atoms with Gasteiger partial charge in [0.05, 0.1) is 24.9 Å². The number of H-pyrrole nitrogens is 1. The van der Waals surface area contributed by atoms with E-state index in [0.29, 0.717) is 12.0 Å². The van der Waals surface area contributed by atoms with Gasteiger partial charge in [-0.1, -0.05) is 12.1 Å². The summed E-state index contributed by atoms with van der Waals surface area (Å²) in [5, 5.41) is 7.65. The number of rotatable bonds is 1. The van der Waals surface area contributed by atoms with E-state index in [1.165, 1.54) is 12.1 Å². The molecule has 1 N–H and O–H groups in total. The third kappa shape index (κ3) is 3.33. The van der Waals surface area contributed by atoms with E-state index in [1.54, 1.807) is 12.3 Å². The van der Waals surface area contributed by atoms with Crippen LogP contribution in [-0.4, -0.2) is 16.5 Å². The van der Waals surface area contributed by atoms with Crippen molar-refractivity contribution >= 4 is 28.6 Å². The van der Waals surface area contributed by atoms with Gasteiger partial charge in [0.1, 0.15) is 5.82 Å². The highest BCUT2D eigenvalue weighted by atomic mass is 19.1. The zero-order chi connectivity index (χ0) is 15.9. The lowest BCUT2D eigenvalue weighted by molar-refractivity contribution is 0.112. The number of halogens is 1. The number of nitrogens with zero attached hydrogens (tertiary/aromatic N) is 3. The highest BCUT2D eigenvalue weighted by Crippen LogP contribution is 2.18. The zero-order valence-electron chi connectivity index (χ0n) is 11.2. The summed E-state index contributed by atoms with van der Waals surface area (Å²) in [5.41, 5.74) is 1.82. The van der Waals surface area contributed by atoms with Crippen LogP contribution >= 0.6 is 0 Å². The molecule has 0 radical (unpaired) electrons. The fourth-order valence-electron chi connectivity index (χ4n) is 1.69. The molecule has 0 aliphatic rings. The Bertz CT molecular complexity index is 902. The first-order valence-corrected chi connectivity index (χ1v) is 6.10. The molecule has 22 heavy (non-hydrogen) atoms. The smallest absolute Gasteiger partial charge is 0.188 e. The molecule has 0 aliphatic carbocycles. The molecule has 1 aromatic heterocycles. The van der Waals surface area contributed by atoms with Gasteiger partial charge in [0.15, 0.2) is 17.7 Å². The summed E-state index contributed by atoms with van der Waals surface area (Å²) in [7, 11) is 0. The fraction of sp³-hybridized carbons (Fsp3) is 0. The van der Waals surface area contributed by atoms with Crippen LogP contribution in [0.4, 0.5) is 15.8 Å². The van der Waals surface area contributed by atoms with Crippen molar-refractivity contribution in [2.24, 2.45) is 0 Å². The second-order valence-electron chi connectivity index (χ2n) is 4.19. The molecular formula is C16H9FN4O. The predicted molar refractivity (Wildman–Crippen MR) is 80.4 cm³/mol. The number of carbonyl (C=O) groups excluding carboxylic acids is 1. The molecular weight excluding hydrogens is 283 g/mol. The monoisotopic (exact) mass is 292 g/mol. The van der Waals surface area contributed by atoms with Crippen LogP contribution in [0.2, 0.25) is 0 Å². The standard InChI is InChI=1S/C8H4FNO.C8H5N3/c1-10-7-2-3-8(9)6(4-7)5-11;1-9-7-2-3-8-6(4-7)5-10-11-8/h2-5H;2-5H,(H,10,11). The predicted octanol–water partition coefficient (Wildman–Crippen LogP) is 4.30. The molecule has 5 nitrogen and oxygen atoms in total. The second kappa shape index (κ2) is 6.78. The fourth-order valence-corrected chi connectivity index (χ4v) is 1.69. The number of fused-ring (bicyclic) bond motifs is 1. The molecule has 3 rings (SSSR count). The van der Waals surface area contributed by atoms with Crippen LogP contribution in [0.3, 0.4) is 0 Å². The number of hydrogen-bond acceptors (Lipinski definition) is 2. The largest absolute Gasteiger partial charge is 0.298 e. The maximum absolute atomic E-state index is 12.6. The highest BCUT2D eigenvalue weighted by molar-refractivity contribution is 5.81. The van der Waals surface area contributed by atoms with Crippen molar-refractivity contribution in [3.05, 3.63) is 76.8 Å². The van der Waals surface area contributed by atoms with E-state index < -0.39 is 5.82 Å². The Morgan fingerprint density at radius 3 is 2.45 bits per heavy atom. The summed E-state index contributed by atoms with van der Waals surface area (Å²) in [6.45, 7) is 13.3. The van der Waals surface area contributed by atoms with E-state index in [-0.39, 0.29) is 11.3 Å². The van der Waals surface area contributed by atoms with Gasteiger partial charge in [-0.05, 0) is 24.3 Å². The third-order valence-corrected chi connectivity index (χ3v) is 2.79. The summed E-state index contributed by atoms with van der Waals surface area (Å²) in [6.07, 6.45) is 2.11. The SMILES string of the molecule is [C-]#[N+]c1ccc(F)c(C=O)c1.[C-]#[N+]c1ccc2[nH]ncc2c1. The van der Waals surface area contributed by atoms with E-state index in [2.05, 4.69) is 19.9 Å². The number of aromatic nitrogens is 2. The molecule has 2 aromatic carbocycles. The third-order valence-electron chi connectivity index (χ3n) is 2.79. The van der Waals surface area contributed by atoms with Crippen LogP contribution in [0.15, 0.2) is 42.6 Å². The molecule has 0 amide bonds. The van der Waals surface area contributed by atoms with Gasteiger partial charge in [-0.25, -0.2) is 14.1 Å². The first-order valence-electron chi connectivity index (χ1n) is 6.10. The molecule has 0 spiro atoms. The Kier molecular flexibility index (Phi) is 4.59. The first kappa shape index (κ1) is 14.9. The molecule has 0 atom stereocenters. The van der Waals surface area contributed by atoms with Gasteiger partial charge in [-0.3, -0.25) is 9.89 Å². The van der Waals surface area contributed by atoms with E-state index in [4.69, 9.17) is 13.1 Å². The first-order chi connectivity index (χ1) is 10.7. The average molecular weight is 292 g/mol. The molecule has 3 aromatic rings. The molecule has 1 heterocycles. The van der Waals surface area contributed by atoms with Crippen LogP contribution in [0.25, 0.3) is 20.6 Å². The molecule has 0 fully saturated rings. The number of benzene rings is 2. The lowest BCUT2D eigenvalue weighted by atomic mass is 10.2. The van der Waals surface area contributed by atoms with Gasteiger partial charge in [0.25, 0.3) is 0 Å². The maximum Gasteiger partial charge on any atom is 0.188 e. The summed E-state index contributed by atoms with van der Waals surface area (Å²) in [5.74, 6) is -0.590. The molecule has 6 heteroatoms. The second-order valence-corrected chi connectivity index (χ2v) is 4.19. The van der Waals surface area contributed by atoms with E-state index >= 15 is 0 Å². The number of aldehydes is 1. The molecule has 0 saturated heterocycles. The summed E-state index contributed by atoms with van der Waals surface area (Å²) < 4.78 is 12.6. The lowest BCUT2D eigenvalue weighted by Crippen LogP contribution is -1.84. The maximum atomic E-state index is 12.6. The van der Waals surface area contributed by atoms with E-state index in [1.807, 2.05) is 12.1 Å². The van der Waals surface area contributed by atoms with Gasteiger partial charge in [0, 0.05) is 10.9 Å². The lowest BCUT2D eigenvalue weighted by Gasteiger charge is -1.92. The molecule has 0 aliphatic heterocycles. The number of aromatic amines is 1. The molecule has 0 bridgehead atoms. The van der Waals surface area contributed by atoms with Crippen molar-refractivity contribution in [1.29, 1.82) is 0 Å². The van der Waals surface area contributed by atoms with Crippen molar-refractivity contribution in [3.63, 3.8) is 0 Å². The van der Waals surface area contributed by atoms with Crippen molar-refractivity contribution in [3.8, 4) is 0 Å². The number of carbonyl (C=O) groups is 1. The van der Waals surface area contributed by atoms with Crippen molar-refractivity contribution in [1.82, 2.24) is 10.2 Å². The minimum atomic E-state index is -0.590. The Hall–Kier alpha value is -3.51. The van der Waals surface area contributed by atoms with Crippen LogP contribution < -0.4 is 0 Å². The Morgan fingerprint density at radius 2 is 1.77 bits per heavy atom. The Balaban J connectivity index is 0.000000160. The normalized spacial score (nSPS) is 9.23. The minimum Gasteiger partial charge on any atom is -0.298 e. The number of nitrogens with one attached hydrogen (secondary N) is 1. The Labute approximate surface area is 125 Å². The molecule has 106 valence electrons. The van der Waals surface area contributed by atoms with Gasteiger partial charge < -0.3 is 0 Å².